The van der Waals surface area contributed by atoms with Crippen LogP contribution < -0.4 is 10.5 Å². The first-order valence-corrected chi connectivity index (χ1v) is 6.94. The number of likely N-dealkylation sites (tertiary alicyclic amines) is 1. The van der Waals surface area contributed by atoms with E-state index in [4.69, 9.17) is 10.5 Å². The average molecular weight is 262 g/mol. The minimum Gasteiger partial charge on any atom is -0.483 e. The Balaban J connectivity index is 1.89. The van der Waals surface area contributed by atoms with Gasteiger partial charge >= 0.3 is 0 Å². The lowest BCUT2D eigenvalue weighted by atomic mass is 10.1. The van der Waals surface area contributed by atoms with Crippen molar-refractivity contribution in [1.82, 2.24) is 4.90 Å². The van der Waals surface area contributed by atoms with Gasteiger partial charge in [0.2, 0.25) is 0 Å². The molecule has 1 aromatic carbocycles. The predicted molar refractivity (Wildman–Crippen MR) is 75.1 cm³/mol. The molecule has 1 amide bonds. The van der Waals surface area contributed by atoms with E-state index in [0.29, 0.717) is 6.54 Å². The summed E-state index contributed by atoms with van der Waals surface area (Å²) in [4.78, 5) is 13.9. The Bertz CT molecular complexity index is 434. The Morgan fingerprint density at radius 3 is 3.00 bits per heavy atom. The van der Waals surface area contributed by atoms with Gasteiger partial charge in [0.15, 0.2) is 6.61 Å². The lowest BCUT2D eigenvalue weighted by molar-refractivity contribution is -0.134. The number of aryl methyl sites for hydroxylation is 1. The van der Waals surface area contributed by atoms with Crippen LogP contribution in [0.3, 0.4) is 0 Å². The van der Waals surface area contributed by atoms with Crippen LogP contribution >= 0.6 is 0 Å². The van der Waals surface area contributed by atoms with Gasteiger partial charge in [-0.3, -0.25) is 4.79 Å². The van der Waals surface area contributed by atoms with Crippen molar-refractivity contribution in [3.05, 3.63) is 29.8 Å². The molecule has 1 aliphatic heterocycles. The van der Waals surface area contributed by atoms with Crippen LogP contribution in [-0.4, -0.2) is 36.5 Å². The molecule has 4 heteroatoms. The summed E-state index contributed by atoms with van der Waals surface area (Å²) >= 11 is 0. The third kappa shape index (κ3) is 3.70. The highest BCUT2D eigenvalue weighted by Crippen LogP contribution is 2.18. The van der Waals surface area contributed by atoms with Crippen molar-refractivity contribution in [1.29, 1.82) is 0 Å². The smallest absolute Gasteiger partial charge is 0.260 e. The van der Waals surface area contributed by atoms with Gasteiger partial charge in [0.05, 0.1) is 0 Å². The largest absolute Gasteiger partial charge is 0.483 e. The van der Waals surface area contributed by atoms with E-state index in [1.807, 2.05) is 29.2 Å². The molecule has 4 nitrogen and oxygen atoms in total. The number of carbonyl (C=O) groups is 1. The number of rotatable bonds is 4. The Hall–Kier alpha value is -1.55. The number of amides is 1. The number of nitrogens with two attached hydrogens (primary N) is 1. The molecule has 0 aliphatic carbocycles. The van der Waals surface area contributed by atoms with Crippen LogP contribution in [0.1, 0.15) is 25.3 Å². The molecule has 0 saturated carbocycles. The van der Waals surface area contributed by atoms with Gasteiger partial charge < -0.3 is 15.4 Å². The number of benzene rings is 1. The summed E-state index contributed by atoms with van der Waals surface area (Å²) in [7, 11) is 0. The molecule has 1 heterocycles. The van der Waals surface area contributed by atoms with Gasteiger partial charge in [0.1, 0.15) is 5.75 Å². The standard InChI is InChI=1S/C15H22N2O2/c1-2-12-6-3-4-8-14(12)19-11-15(18)17-9-5-7-13(16)10-17/h3-4,6,8,13H,2,5,7,9-11,16H2,1H3. The molecule has 1 saturated heterocycles. The van der Waals surface area contributed by atoms with Gasteiger partial charge in [-0.05, 0) is 30.9 Å². The molecule has 2 N–H and O–H groups in total. The summed E-state index contributed by atoms with van der Waals surface area (Å²) in [5, 5.41) is 0. The third-order valence-corrected chi connectivity index (χ3v) is 3.52. The second-order valence-electron chi connectivity index (χ2n) is 4.99. The maximum atomic E-state index is 12.1. The van der Waals surface area contributed by atoms with E-state index in [9.17, 15) is 4.79 Å². The second-order valence-corrected chi connectivity index (χ2v) is 4.99. The van der Waals surface area contributed by atoms with Gasteiger partial charge in [-0.2, -0.15) is 0 Å². The fraction of sp³-hybridized carbons (Fsp3) is 0.533. The molecule has 19 heavy (non-hydrogen) atoms. The number of para-hydroxylation sites is 1. The highest BCUT2D eigenvalue weighted by atomic mass is 16.5. The van der Waals surface area contributed by atoms with E-state index < -0.39 is 0 Å². The molecule has 1 fully saturated rings. The zero-order valence-electron chi connectivity index (χ0n) is 11.5. The van der Waals surface area contributed by atoms with Crippen LogP contribution in [-0.2, 0) is 11.2 Å². The summed E-state index contributed by atoms with van der Waals surface area (Å²) in [6.45, 7) is 3.63. The fourth-order valence-electron chi connectivity index (χ4n) is 2.40. The molecule has 0 spiro atoms. The maximum absolute atomic E-state index is 12.1. The number of nitrogens with zero attached hydrogens (tertiary/aromatic N) is 1. The van der Waals surface area contributed by atoms with Crippen LogP contribution in [0.25, 0.3) is 0 Å². The molecular formula is C15H22N2O2. The number of hydrogen-bond donors (Lipinski definition) is 1. The van der Waals surface area contributed by atoms with E-state index in [0.717, 1.165) is 37.1 Å². The topological polar surface area (TPSA) is 55.6 Å². The minimum absolute atomic E-state index is 0.0288. The lowest BCUT2D eigenvalue weighted by Gasteiger charge is -2.30. The van der Waals surface area contributed by atoms with Crippen molar-refractivity contribution in [2.75, 3.05) is 19.7 Å². The van der Waals surface area contributed by atoms with E-state index in [1.54, 1.807) is 0 Å². The lowest BCUT2D eigenvalue weighted by Crippen LogP contribution is -2.47. The van der Waals surface area contributed by atoms with Crippen molar-refractivity contribution < 1.29 is 9.53 Å². The average Bonchev–Trinajstić information content (AvgIpc) is 2.45. The Morgan fingerprint density at radius 1 is 1.47 bits per heavy atom. The van der Waals surface area contributed by atoms with Crippen LogP contribution in [0, 0.1) is 0 Å². The van der Waals surface area contributed by atoms with Crippen molar-refractivity contribution in [2.24, 2.45) is 5.73 Å². The minimum atomic E-state index is 0.0288. The van der Waals surface area contributed by atoms with Crippen LogP contribution in [0.5, 0.6) is 5.75 Å². The number of ether oxygens (including phenoxy) is 1. The van der Waals surface area contributed by atoms with E-state index in [-0.39, 0.29) is 18.6 Å². The van der Waals surface area contributed by atoms with Crippen molar-refractivity contribution in [2.45, 2.75) is 32.2 Å². The quantitative estimate of drug-likeness (QED) is 0.896. The number of hydrogen-bond acceptors (Lipinski definition) is 3. The molecule has 1 atom stereocenters. The summed E-state index contributed by atoms with van der Waals surface area (Å²) < 4.78 is 5.65. The summed E-state index contributed by atoms with van der Waals surface area (Å²) in [5.74, 6) is 0.834. The van der Waals surface area contributed by atoms with Crippen molar-refractivity contribution in [3.63, 3.8) is 0 Å². The van der Waals surface area contributed by atoms with Crippen LogP contribution in [0.2, 0.25) is 0 Å². The summed E-state index contributed by atoms with van der Waals surface area (Å²) in [5.41, 5.74) is 7.01. The first-order chi connectivity index (χ1) is 9.20. The highest BCUT2D eigenvalue weighted by Gasteiger charge is 2.21. The molecule has 2 rings (SSSR count). The molecule has 104 valence electrons. The normalized spacial score (nSPS) is 19.3. The van der Waals surface area contributed by atoms with Crippen LogP contribution in [0.4, 0.5) is 0 Å². The Kier molecular flexibility index (Phi) is 4.80. The number of piperidine rings is 1. The van der Waals surface area contributed by atoms with Crippen molar-refractivity contribution in [3.8, 4) is 5.75 Å². The molecule has 0 aromatic heterocycles. The molecule has 0 radical (unpaired) electrons. The number of carbonyl (C=O) groups excluding carboxylic acids is 1. The molecular weight excluding hydrogens is 240 g/mol. The molecule has 0 bridgehead atoms. The van der Waals surface area contributed by atoms with Gasteiger partial charge in [0.25, 0.3) is 5.91 Å². The monoisotopic (exact) mass is 262 g/mol. The highest BCUT2D eigenvalue weighted by molar-refractivity contribution is 5.78. The summed E-state index contributed by atoms with van der Waals surface area (Å²) in [6.07, 6.45) is 2.89. The zero-order chi connectivity index (χ0) is 13.7. The zero-order valence-corrected chi connectivity index (χ0v) is 11.5. The third-order valence-electron chi connectivity index (χ3n) is 3.52. The van der Waals surface area contributed by atoms with Gasteiger partial charge in [-0.25, -0.2) is 0 Å². The van der Waals surface area contributed by atoms with Crippen LogP contribution in [0.15, 0.2) is 24.3 Å². The Labute approximate surface area is 114 Å². The first-order valence-electron chi connectivity index (χ1n) is 6.94. The first kappa shape index (κ1) is 13.9. The predicted octanol–water partition coefficient (Wildman–Crippen LogP) is 1.58. The SMILES string of the molecule is CCc1ccccc1OCC(=O)N1CCCC(N)C1. The van der Waals surface area contributed by atoms with Crippen molar-refractivity contribution >= 4 is 5.91 Å². The molecule has 1 aliphatic rings. The second kappa shape index (κ2) is 6.57. The van der Waals surface area contributed by atoms with E-state index in [2.05, 4.69) is 6.92 Å². The Morgan fingerprint density at radius 2 is 2.26 bits per heavy atom. The maximum Gasteiger partial charge on any atom is 0.260 e. The molecule has 1 aromatic rings. The fourth-order valence-corrected chi connectivity index (χ4v) is 2.40. The van der Waals surface area contributed by atoms with E-state index >= 15 is 0 Å². The van der Waals surface area contributed by atoms with Gasteiger partial charge in [-0.15, -0.1) is 0 Å². The molecule has 1 unspecified atom stereocenters. The van der Waals surface area contributed by atoms with E-state index in [1.165, 1.54) is 0 Å². The van der Waals surface area contributed by atoms with Gasteiger partial charge in [0, 0.05) is 19.1 Å². The summed E-state index contributed by atoms with van der Waals surface area (Å²) in [6, 6.07) is 7.96. The van der Waals surface area contributed by atoms with Gasteiger partial charge in [-0.1, -0.05) is 25.1 Å².